The Morgan fingerprint density at radius 3 is 1.61 bits per heavy atom. The molecule has 0 spiro atoms. The van der Waals surface area contributed by atoms with Gasteiger partial charge in [0, 0.05) is 45.9 Å². The van der Waals surface area contributed by atoms with Crippen LogP contribution in [-0.4, -0.2) is 100 Å². The third-order valence-electron chi connectivity index (χ3n) is 9.18. The van der Waals surface area contributed by atoms with Crippen molar-refractivity contribution >= 4 is 12.2 Å². The van der Waals surface area contributed by atoms with Crippen LogP contribution in [0.1, 0.15) is 135 Å². The maximum absolute atomic E-state index is 12.3. The molecule has 9 nitrogen and oxygen atoms in total. The summed E-state index contributed by atoms with van der Waals surface area (Å²) in [5, 5.41) is 5.73. The minimum absolute atomic E-state index is 0.0870. The predicted octanol–water partition coefficient (Wildman–Crippen LogP) is 7.28. The van der Waals surface area contributed by atoms with Gasteiger partial charge in [0.15, 0.2) is 0 Å². The van der Waals surface area contributed by atoms with E-state index in [0.717, 1.165) is 64.8 Å². The number of ether oxygens (including phenoxy) is 3. The fourth-order valence-corrected chi connectivity index (χ4v) is 6.10. The van der Waals surface area contributed by atoms with Crippen molar-refractivity contribution < 1.29 is 23.8 Å². The second-order valence-corrected chi connectivity index (χ2v) is 13.3. The van der Waals surface area contributed by atoms with Gasteiger partial charge < -0.3 is 34.6 Å². The first-order valence-electron chi connectivity index (χ1n) is 18.4. The standard InChI is InChI=1S/C35H68N4O5/c1-3-4-5-6-7-8-9-10-11-12-13-14-15-16-17-19-23-36-33(40)42-31-35(22-18-20-30-44-35)32-43-34(41)37-24-21-25-39-28-26-38(2)27-29-39/h3-32H2,1-2H3,(H,36,40)(H,37,41). The highest BCUT2D eigenvalue weighted by Gasteiger charge is 2.36. The Morgan fingerprint density at radius 2 is 1.14 bits per heavy atom. The molecule has 2 fully saturated rings. The molecule has 2 aliphatic heterocycles. The van der Waals surface area contributed by atoms with E-state index in [9.17, 15) is 9.59 Å². The van der Waals surface area contributed by atoms with Gasteiger partial charge in [-0.15, -0.1) is 0 Å². The third-order valence-corrected chi connectivity index (χ3v) is 9.18. The number of likely N-dealkylation sites (N-methyl/N-ethyl adjacent to an activating group) is 1. The average molecular weight is 625 g/mol. The third kappa shape index (κ3) is 19.7. The molecule has 0 saturated carbocycles. The second-order valence-electron chi connectivity index (χ2n) is 13.3. The number of unbranched alkanes of at least 4 members (excludes halogenated alkanes) is 15. The number of carbonyl (C=O) groups is 2. The maximum Gasteiger partial charge on any atom is 0.407 e. The molecule has 0 aromatic heterocycles. The Morgan fingerprint density at radius 1 is 0.659 bits per heavy atom. The number of hydrogen-bond acceptors (Lipinski definition) is 7. The lowest BCUT2D eigenvalue weighted by Crippen LogP contribution is -2.48. The Labute approximate surface area is 269 Å². The van der Waals surface area contributed by atoms with Crippen molar-refractivity contribution in [2.24, 2.45) is 0 Å². The summed E-state index contributed by atoms with van der Waals surface area (Å²) in [6.07, 6.45) is 24.0. The molecule has 9 heteroatoms. The normalized spacial score (nSPS) is 19.5. The van der Waals surface area contributed by atoms with E-state index < -0.39 is 17.8 Å². The van der Waals surface area contributed by atoms with Crippen molar-refractivity contribution in [2.45, 2.75) is 141 Å². The minimum Gasteiger partial charge on any atom is -0.446 e. The summed E-state index contributed by atoms with van der Waals surface area (Å²) >= 11 is 0. The van der Waals surface area contributed by atoms with Crippen molar-refractivity contribution in [1.29, 1.82) is 0 Å². The van der Waals surface area contributed by atoms with E-state index in [2.05, 4.69) is 34.4 Å². The topological polar surface area (TPSA) is 92.4 Å². The fourth-order valence-electron chi connectivity index (χ4n) is 6.10. The van der Waals surface area contributed by atoms with E-state index in [1.54, 1.807) is 0 Å². The summed E-state index contributed by atoms with van der Waals surface area (Å²) in [7, 11) is 2.15. The van der Waals surface area contributed by atoms with Crippen LogP contribution >= 0.6 is 0 Å². The van der Waals surface area contributed by atoms with Gasteiger partial charge >= 0.3 is 12.2 Å². The lowest BCUT2D eigenvalue weighted by Gasteiger charge is -2.36. The number of piperazine rings is 1. The van der Waals surface area contributed by atoms with E-state index in [1.807, 2.05) is 0 Å². The molecule has 2 aliphatic rings. The molecule has 1 unspecified atom stereocenters. The monoisotopic (exact) mass is 625 g/mol. The molecule has 2 rings (SSSR count). The maximum atomic E-state index is 12.3. The zero-order valence-corrected chi connectivity index (χ0v) is 28.6. The quantitative estimate of drug-likeness (QED) is 0.103. The molecule has 0 aromatic carbocycles. The molecule has 0 aromatic rings. The molecule has 258 valence electrons. The molecule has 0 radical (unpaired) electrons. The van der Waals surface area contributed by atoms with Crippen molar-refractivity contribution in [1.82, 2.24) is 20.4 Å². The summed E-state index contributed by atoms with van der Waals surface area (Å²) in [5.41, 5.74) is -0.763. The van der Waals surface area contributed by atoms with Gasteiger partial charge in [0.1, 0.15) is 18.8 Å². The van der Waals surface area contributed by atoms with Crippen LogP contribution in [0.25, 0.3) is 0 Å². The van der Waals surface area contributed by atoms with Crippen LogP contribution in [0.5, 0.6) is 0 Å². The van der Waals surface area contributed by atoms with Gasteiger partial charge in [0.05, 0.1) is 0 Å². The lowest BCUT2D eigenvalue weighted by atomic mass is 9.95. The first kappa shape index (κ1) is 38.6. The molecule has 2 saturated heterocycles. The number of carbonyl (C=O) groups excluding carboxylic acids is 2. The van der Waals surface area contributed by atoms with E-state index >= 15 is 0 Å². The number of hydrogen-bond donors (Lipinski definition) is 2. The highest BCUT2D eigenvalue weighted by molar-refractivity contribution is 5.67. The highest BCUT2D eigenvalue weighted by Crippen LogP contribution is 2.26. The summed E-state index contributed by atoms with van der Waals surface area (Å²) in [6.45, 7) is 9.56. The van der Waals surface area contributed by atoms with Crippen molar-refractivity contribution in [3.8, 4) is 0 Å². The van der Waals surface area contributed by atoms with Gasteiger partial charge in [-0.3, -0.25) is 0 Å². The Bertz CT molecular complexity index is 711. The molecule has 2 heterocycles. The fraction of sp³-hybridized carbons (Fsp3) is 0.943. The Hall–Kier alpha value is -1.58. The van der Waals surface area contributed by atoms with Crippen LogP contribution in [0.2, 0.25) is 0 Å². The van der Waals surface area contributed by atoms with Crippen molar-refractivity contribution in [3.63, 3.8) is 0 Å². The Kier molecular flexibility index (Phi) is 22.5. The van der Waals surface area contributed by atoms with E-state index in [-0.39, 0.29) is 13.2 Å². The van der Waals surface area contributed by atoms with Gasteiger partial charge in [-0.25, -0.2) is 9.59 Å². The highest BCUT2D eigenvalue weighted by atomic mass is 16.6. The summed E-state index contributed by atoms with van der Waals surface area (Å²) in [6, 6.07) is 0. The van der Waals surface area contributed by atoms with Crippen molar-refractivity contribution in [2.75, 3.05) is 72.7 Å². The van der Waals surface area contributed by atoms with Crippen molar-refractivity contribution in [3.05, 3.63) is 0 Å². The zero-order valence-electron chi connectivity index (χ0n) is 28.6. The smallest absolute Gasteiger partial charge is 0.407 e. The van der Waals surface area contributed by atoms with Crippen LogP contribution in [-0.2, 0) is 14.2 Å². The minimum atomic E-state index is -0.763. The predicted molar refractivity (Wildman–Crippen MR) is 179 cm³/mol. The van der Waals surface area contributed by atoms with Crippen LogP contribution in [0.15, 0.2) is 0 Å². The first-order chi connectivity index (χ1) is 21.5. The molecule has 44 heavy (non-hydrogen) atoms. The lowest BCUT2D eigenvalue weighted by molar-refractivity contribution is -0.134. The van der Waals surface area contributed by atoms with Gasteiger partial charge in [-0.05, 0) is 45.7 Å². The van der Waals surface area contributed by atoms with Crippen LogP contribution in [0.4, 0.5) is 9.59 Å². The van der Waals surface area contributed by atoms with E-state index in [0.29, 0.717) is 26.1 Å². The number of nitrogens with one attached hydrogen (secondary N) is 2. The van der Waals surface area contributed by atoms with E-state index in [1.165, 1.54) is 89.9 Å². The van der Waals surface area contributed by atoms with Gasteiger partial charge in [-0.2, -0.15) is 0 Å². The zero-order chi connectivity index (χ0) is 31.6. The molecule has 0 bridgehead atoms. The number of amides is 2. The summed E-state index contributed by atoms with van der Waals surface area (Å²) in [5.74, 6) is 0. The SMILES string of the molecule is CCCCCCCCCCCCCCCCCCNC(=O)OCC1(COC(=O)NCCCN2CCN(C)CC2)CCCCO1. The molecular formula is C35H68N4O5. The largest absolute Gasteiger partial charge is 0.446 e. The van der Waals surface area contributed by atoms with E-state index in [4.69, 9.17) is 14.2 Å². The molecule has 2 amide bonds. The molecular weight excluding hydrogens is 556 g/mol. The van der Waals surface area contributed by atoms with Gasteiger partial charge in [-0.1, -0.05) is 103 Å². The van der Waals surface area contributed by atoms with Gasteiger partial charge in [0.2, 0.25) is 0 Å². The average Bonchev–Trinajstić information content (AvgIpc) is 3.04. The van der Waals surface area contributed by atoms with Crippen LogP contribution in [0.3, 0.4) is 0 Å². The molecule has 0 aliphatic carbocycles. The summed E-state index contributed by atoms with van der Waals surface area (Å²) in [4.78, 5) is 29.4. The van der Waals surface area contributed by atoms with Crippen LogP contribution in [0, 0.1) is 0 Å². The second kappa shape index (κ2) is 25.6. The number of rotatable bonds is 25. The van der Waals surface area contributed by atoms with Gasteiger partial charge in [0.25, 0.3) is 0 Å². The Balaban J connectivity index is 1.43. The number of nitrogens with zero attached hydrogens (tertiary/aromatic N) is 2. The first-order valence-corrected chi connectivity index (χ1v) is 18.4. The summed E-state index contributed by atoms with van der Waals surface area (Å²) < 4.78 is 17.0. The van der Waals surface area contributed by atoms with Crippen LogP contribution < -0.4 is 10.6 Å². The molecule has 1 atom stereocenters. The molecule has 2 N–H and O–H groups in total. The number of alkyl carbamates (subject to hydrolysis) is 2.